The highest BCUT2D eigenvalue weighted by Crippen LogP contribution is 2.15. The van der Waals surface area contributed by atoms with Crippen molar-refractivity contribution in [3.8, 4) is 0 Å². The Morgan fingerprint density at radius 2 is 2.39 bits per heavy atom. The highest BCUT2D eigenvalue weighted by Gasteiger charge is 2.14. The fraction of sp³-hybridized carbons (Fsp3) is 0.462. The van der Waals surface area contributed by atoms with E-state index in [0.717, 1.165) is 32.0 Å². The maximum atomic E-state index is 13.2. The van der Waals surface area contributed by atoms with Crippen LogP contribution in [0.5, 0.6) is 0 Å². The van der Waals surface area contributed by atoms with Crippen molar-refractivity contribution in [3.63, 3.8) is 0 Å². The molecule has 1 fully saturated rings. The number of hydrogen-bond acceptors (Lipinski definition) is 2. The Hall–Kier alpha value is -1.13. The van der Waals surface area contributed by atoms with Crippen LogP contribution in [0.15, 0.2) is 18.2 Å². The van der Waals surface area contributed by atoms with E-state index in [1.54, 1.807) is 0 Å². The second-order valence-corrected chi connectivity index (χ2v) is 4.94. The lowest BCUT2D eigenvalue weighted by atomic mass is 10.1. The van der Waals surface area contributed by atoms with Gasteiger partial charge in [-0.1, -0.05) is 11.6 Å². The molecule has 1 amide bonds. The summed E-state index contributed by atoms with van der Waals surface area (Å²) >= 11 is 5.56. The van der Waals surface area contributed by atoms with Crippen LogP contribution < -0.4 is 10.6 Å². The minimum atomic E-state index is -0.565. The first-order valence-electron chi connectivity index (χ1n) is 6.11. The van der Waals surface area contributed by atoms with Crippen LogP contribution in [0, 0.1) is 11.7 Å². The van der Waals surface area contributed by atoms with Crippen LogP contribution in [0.1, 0.15) is 23.2 Å². The zero-order chi connectivity index (χ0) is 13.0. The molecule has 0 aromatic heterocycles. The van der Waals surface area contributed by atoms with E-state index in [4.69, 9.17) is 11.6 Å². The molecular formula is C13H16ClFN2O. The van der Waals surface area contributed by atoms with Gasteiger partial charge in [0.2, 0.25) is 0 Å². The maximum absolute atomic E-state index is 13.2. The molecule has 0 radical (unpaired) electrons. The van der Waals surface area contributed by atoms with Gasteiger partial charge in [-0.2, -0.15) is 0 Å². The maximum Gasteiger partial charge on any atom is 0.251 e. The second kappa shape index (κ2) is 6.16. The summed E-state index contributed by atoms with van der Waals surface area (Å²) in [5.41, 5.74) is 0.307. The Morgan fingerprint density at radius 1 is 1.56 bits per heavy atom. The molecule has 2 rings (SSSR count). The summed E-state index contributed by atoms with van der Waals surface area (Å²) < 4.78 is 13.2. The highest BCUT2D eigenvalue weighted by molar-refractivity contribution is 6.30. The molecule has 5 heteroatoms. The van der Waals surface area contributed by atoms with Crippen molar-refractivity contribution in [2.75, 3.05) is 19.6 Å². The third-order valence-electron chi connectivity index (χ3n) is 3.18. The van der Waals surface area contributed by atoms with Gasteiger partial charge >= 0.3 is 0 Å². The van der Waals surface area contributed by atoms with Crippen LogP contribution in [-0.2, 0) is 0 Å². The molecule has 98 valence electrons. The van der Waals surface area contributed by atoms with Gasteiger partial charge in [0, 0.05) is 12.1 Å². The monoisotopic (exact) mass is 270 g/mol. The van der Waals surface area contributed by atoms with Gasteiger partial charge in [-0.15, -0.1) is 0 Å². The Kier molecular flexibility index (Phi) is 4.55. The molecule has 0 bridgehead atoms. The van der Waals surface area contributed by atoms with Gasteiger partial charge in [-0.05, 0) is 50.0 Å². The molecule has 0 saturated carbocycles. The van der Waals surface area contributed by atoms with Crippen LogP contribution in [0.25, 0.3) is 0 Å². The summed E-state index contributed by atoms with van der Waals surface area (Å²) in [6.45, 7) is 2.70. The average molecular weight is 271 g/mol. The van der Waals surface area contributed by atoms with E-state index >= 15 is 0 Å². The lowest BCUT2D eigenvalue weighted by Gasteiger charge is -2.09. The van der Waals surface area contributed by atoms with E-state index in [1.165, 1.54) is 12.1 Å². The molecule has 0 spiro atoms. The standard InChI is InChI=1S/C13H16ClFN2O/c14-11-2-1-10(7-12(11)15)13(18)17-6-4-9-3-5-16-8-9/h1-2,7,9,16H,3-6,8H2,(H,17,18). The predicted octanol–water partition coefficient (Wildman–Crippen LogP) is 2.21. The number of halogens is 2. The molecule has 1 saturated heterocycles. The van der Waals surface area contributed by atoms with Crippen LogP contribution in [-0.4, -0.2) is 25.5 Å². The number of rotatable bonds is 4. The highest BCUT2D eigenvalue weighted by atomic mass is 35.5. The van der Waals surface area contributed by atoms with Crippen molar-refractivity contribution in [2.24, 2.45) is 5.92 Å². The van der Waals surface area contributed by atoms with Crippen molar-refractivity contribution < 1.29 is 9.18 Å². The fourth-order valence-corrected chi connectivity index (χ4v) is 2.21. The topological polar surface area (TPSA) is 41.1 Å². The molecule has 1 unspecified atom stereocenters. The van der Waals surface area contributed by atoms with E-state index in [2.05, 4.69) is 10.6 Å². The van der Waals surface area contributed by atoms with Crippen LogP contribution in [0.2, 0.25) is 5.02 Å². The molecular weight excluding hydrogens is 255 g/mol. The van der Waals surface area contributed by atoms with Crippen molar-refractivity contribution >= 4 is 17.5 Å². The summed E-state index contributed by atoms with van der Waals surface area (Å²) in [6.07, 6.45) is 2.11. The summed E-state index contributed by atoms with van der Waals surface area (Å²) in [4.78, 5) is 11.7. The summed E-state index contributed by atoms with van der Waals surface area (Å²) in [5, 5.41) is 6.11. The van der Waals surface area contributed by atoms with Gasteiger partial charge < -0.3 is 10.6 Å². The third kappa shape index (κ3) is 3.43. The zero-order valence-corrected chi connectivity index (χ0v) is 10.8. The molecule has 3 nitrogen and oxygen atoms in total. The molecule has 1 aliphatic heterocycles. The molecule has 1 atom stereocenters. The molecule has 1 heterocycles. The zero-order valence-electron chi connectivity index (χ0n) is 10.0. The Morgan fingerprint density at radius 3 is 3.06 bits per heavy atom. The van der Waals surface area contributed by atoms with Crippen molar-refractivity contribution in [1.29, 1.82) is 0 Å². The Bertz CT molecular complexity index is 433. The van der Waals surface area contributed by atoms with E-state index in [0.29, 0.717) is 18.0 Å². The first kappa shape index (κ1) is 13.3. The number of hydrogen-bond donors (Lipinski definition) is 2. The fourth-order valence-electron chi connectivity index (χ4n) is 2.09. The molecule has 2 N–H and O–H groups in total. The van der Waals surface area contributed by atoms with Crippen molar-refractivity contribution in [1.82, 2.24) is 10.6 Å². The van der Waals surface area contributed by atoms with Crippen LogP contribution >= 0.6 is 11.6 Å². The SMILES string of the molecule is O=C(NCCC1CCNC1)c1ccc(Cl)c(F)c1. The molecule has 18 heavy (non-hydrogen) atoms. The molecule has 1 aromatic rings. The first-order chi connectivity index (χ1) is 8.66. The van der Waals surface area contributed by atoms with Gasteiger partial charge in [-0.25, -0.2) is 4.39 Å². The Labute approximate surface area is 111 Å². The number of carbonyl (C=O) groups is 1. The number of amides is 1. The first-order valence-corrected chi connectivity index (χ1v) is 6.48. The van der Waals surface area contributed by atoms with Crippen molar-refractivity contribution in [3.05, 3.63) is 34.6 Å². The van der Waals surface area contributed by atoms with Crippen molar-refractivity contribution in [2.45, 2.75) is 12.8 Å². The second-order valence-electron chi connectivity index (χ2n) is 4.53. The van der Waals surface area contributed by atoms with Crippen LogP contribution in [0.3, 0.4) is 0 Å². The number of carbonyl (C=O) groups excluding carboxylic acids is 1. The van der Waals surface area contributed by atoms with Crippen LogP contribution in [0.4, 0.5) is 4.39 Å². The smallest absolute Gasteiger partial charge is 0.251 e. The number of nitrogens with one attached hydrogen (secondary N) is 2. The van der Waals surface area contributed by atoms with Gasteiger partial charge in [-0.3, -0.25) is 4.79 Å². The minimum Gasteiger partial charge on any atom is -0.352 e. The van der Waals surface area contributed by atoms with Gasteiger partial charge in [0.15, 0.2) is 0 Å². The van der Waals surface area contributed by atoms with E-state index in [9.17, 15) is 9.18 Å². The third-order valence-corrected chi connectivity index (χ3v) is 3.49. The minimum absolute atomic E-state index is 0.0311. The summed E-state index contributed by atoms with van der Waals surface area (Å²) in [6, 6.07) is 4.08. The van der Waals surface area contributed by atoms with Gasteiger partial charge in [0.1, 0.15) is 5.82 Å². The van der Waals surface area contributed by atoms with Gasteiger partial charge in [0.25, 0.3) is 5.91 Å². The molecule has 1 aromatic carbocycles. The quantitative estimate of drug-likeness (QED) is 0.881. The molecule has 0 aliphatic carbocycles. The van der Waals surface area contributed by atoms with E-state index in [-0.39, 0.29) is 10.9 Å². The molecule has 1 aliphatic rings. The number of benzene rings is 1. The lowest BCUT2D eigenvalue weighted by Crippen LogP contribution is -2.26. The predicted molar refractivity (Wildman–Crippen MR) is 69.3 cm³/mol. The van der Waals surface area contributed by atoms with E-state index in [1.807, 2.05) is 0 Å². The largest absolute Gasteiger partial charge is 0.352 e. The average Bonchev–Trinajstić information content (AvgIpc) is 2.85. The lowest BCUT2D eigenvalue weighted by molar-refractivity contribution is 0.0951. The summed E-state index contributed by atoms with van der Waals surface area (Å²) in [7, 11) is 0. The van der Waals surface area contributed by atoms with E-state index < -0.39 is 5.82 Å². The Balaban J connectivity index is 1.81. The summed E-state index contributed by atoms with van der Waals surface area (Å²) in [5.74, 6) is -0.187. The normalized spacial score (nSPS) is 18.9. The van der Waals surface area contributed by atoms with Gasteiger partial charge in [0.05, 0.1) is 5.02 Å².